The van der Waals surface area contributed by atoms with Crippen LogP contribution in [0.2, 0.25) is 0 Å². The lowest BCUT2D eigenvalue weighted by molar-refractivity contribution is -0.135. The number of rotatable bonds is 5. The largest absolute Gasteiger partial charge is 0.462 e. The van der Waals surface area contributed by atoms with Gasteiger partial charge in [0.15, 0.2) is 5.57 Å². The molecule has 0 radical (unpaired) electrons. The Balaban J connectivity index is 3.27. The number of hydrogen-bond acceptors (Lipinski definition) is 4. The van der Waals surface area contributed by atoms with Crippen molar-refractivity contribution < 1.29 is 18.7 Å². The summed E-state index contributed by atoms with van der Waals surface area (Å²) in [6, 6.07) is 3.42. The minimum Gasteiger partial charge on any atom is -0.462 e. The third-order valence-corrected chi connectivity index (χ3v) is 2.22. The summed E-state index contributed by atoms with van der Waals surface area (Å²) in [4.78, 5) is 25.0. The average molecular weight is 263 g/mol. The average Bonchev–Trinajstić information content (AvgIpc) is 2.39. The van der Waals surface area contributed by atoms with E-state index in [0.29, 0.717) is 0 Å². The fraction of sp³-hybridized carbons (Fsp3) is 0.250. The van der Waals surface area contributed by atoms with Gasteiger partial charge in [-0.15, -0.1) is 0 Å². The van der Waals surface area contributed by atoms with Gasteiger partial charge < -0.3 is 4.74 Å². The van der Waals surface area contributed by atoms with Gasteiger partial charge in [-0.3, -0.25) is 0 Å². The predicted molar refractivity (Wildman–Crippen MR) is 65.0 cm³/mol. The SMILES string of the molecule is CCOC(=O)C(=C=O)c1ccc(F)cc1CN=[N+]=[N-]. The van der Waals surface area contributed by atoms with Gasteiger partial charge in [-0.25, -0.2) is 14.0 Å². The quantitative estimate of drug-likeness (QED) is 0.204. The standard InChI is InChI=1S/C12H10FN3O3/c1-2-19-12(18)11(7-17)10-4-3-9(13)5-8(10)6-15-16-14/h3-5H,2,6H2,1H3. The molecule has 0 amide bonds. The normalized spacial score (nSPS) is 9.16. The maximum atomic E-state index is 13.1. The Morgan fingerprint density at radius 3 is 2.89 bits per heavy atom. The molecule has 0 aliphatic carbocycles. The maximum absolute atomic E-state index is 13.1. The van der Waals surface area contributed by atoms with Crippen molar-refractivity contribution in [2.45, 2.75) is 13.5 Å². The predicted octanol–water partition coefficient (Wildman–Crippen LogP) is 2.41. The van der Waals surface area contributed by atoms with Crippen molar-refractivity contribution in [3.63, 3.8) is 0 Å². The minimum atomic E-state index is -0.855. The summed E-state index contributed by atoms with van der Waals surface area (Å²) in [7, 11) is 0. The van der Waals surface area contributed by atoms with Gasteiger partial charge in [0, 0.05) is 10.5 Å². The minimum absolute atomic E-state index is 0.0941. The maximum Gasteiger partial charge on any atom is 0.350 e. The molecule has 1 aromatic carbocycles. The van der Waals surface area contributed by atoms with Crippen molar-refractivity contribution in [3.8, 4) is 0 Å². The van der Waals surface area contributed by atoms with E-state index < -0.39 is 11.8 Å². The van der Waals surface area contributed by atoms with E-state index in [-0.39, 0.29) is 29.9 Å². The zero-order valence-corrected chi connectivity index (χ0v) is 10.1. The van der Waals surface area contributed by atoms with Crippen LogP contribution in [0.1, 0.15) is 18.1 Å². The first-order valence-electron chi connectivity index (χ1n) is 5.35. The van der Waals surface area contributed by atoms with Crippen LogP contribution < -0.4 is 0 Å². The molecule has 0 atom stereocenters. The van der Waals surface area contributed by atoms with Crippen molar-refractivity contribution >= 4 is 17.5 Å². The van der Waals surface area contributed by atoms with Crippen molar-refractivity contribution in [1.29, 1.82) is 0 Å². The number of nitrogens with zero attached hydrogens (tertiary/aromatic N) is 3. The summed E-state index contributed by atoms with van der Waals surface area (Å²) in [5.41, 5.74) is 8.26. The molecule has 0 aromatic heterocycles. The lowest BCUT2D eigenvalue weighted by atomic mass is 10.0. The van der Waals surface area contributed by atoms with E-state index in [4.69, 9.17) is 10.3 Å². The molecule has 0 aliphatic heterocycles. The molecule has 7 heteroatoms. The highest BCUT2D eigenvalue weighted by atomic mass is 19.1. The first kappa shape index (κ1) is 14.4. The van der Waals surface area contributed by atoms with Gasteiger partial charge >= 0.3 is 5.97 Å². The van der Waals surface area contributed by atoms with Crippen LogP contribution in [0.25, 0.3) is 16.0 Å². The van der Waals surface area contributed by atoms with Crippen LogP contribution in [-0.2, 0) is 20.9 Å². The number of esters is 1. The number of benzene rings is 1. The highest BCUT2D eigenvalue weighted by Crippen LogP contribution is 2.21. The van der Waals surface area contributed by atoms with Crippen LogP contribution in [0.3, 0.4) is 0 Å². The number of azide groups is 1. The fourth-order valence-electron chi connectivity index (χ4n) is 1.45. The van der Waals surface area contributed by atoms with Crippen LogP contribution >= 0.6 is 0 Å². The van der Waals surface area contributed by atoms with Crippen LogP contribution in [-0.4, -0.2) is 18.5 Å². The fourth-order valence-corrected chi connectivity index (χ4v) is 1.45. The van der Waals surface area contributed by atoms with Crippen LogP contribution in [0.5, 0.6) is 0 Å². The first-order valence-corrected chi connectivity index (χ1v) is 5.35. The van der Waals surface area contributed by atoms with Gasteiger partial charge in [0.2, 0.25) is 0 Å². The zero-order valence-electron chi connectivity index (χ0n) is 10.1. The molecule has 1 rings (SSSR count). The van der Waals surface area contributed by atoms with Crippen molar-refractivity contribution in [3.05, 3.63) is 45.6 Å². The van der Waals surface area contributed by atoms with Gasteiger partial charge in [-0.2, -0.15) is 0 Å². The Kier molecular flexibility index (Phi) is 5.29. The molecule has 1 aromatic rings. The molecule has 0 N–H and O–H groups in total. The van der Waals surface area contributed by atoms with E-state index in [1.54, 1.807) is 6.92 Å². The highest BCUT2D eigenvalue weighted by Gasteiger charge is 2.18. The molecule has 0 aliphatic rings. The third kappa shape index (κ3) is 3.67. The topological polar surface area (TPSA) is 92.1 Å². The number of carbonyl (C=O) groups excluding carboxylic acids is 2. The van der Waals surface area contributed by atoms with Crippen LogP contribution in [0.15, 0.2) is 23.3 Å². The van der Waals surface area contributed by atoms with Crippen LogP contribution in [0.4, 0.5) is 4.39 Å². The second-order valence-electron chi connectivity index (χ2n) is 3.39. The Morgan fingerprint density at radius 2 is 2.32 bits per heavy atom. The third-order valence-electron chi connectivity index (χ3n) is 2.22. The summed E-state index contributed by atoms with van der Waals surface area (Å²) >= 11 is 0. The molecule has 0 heterocycles. The summed E-state index contributed by atoms with van der Waals surface area (Å²) in [6.07, 6.45) is 0. The van der Waals surface area contributed by atoms with Gasteiger partial charge in [0.05, 0.1) is 13.2 Å². The van der Waals surface area contributed by atoms with Crippen molar-refractivity contribution in [2.75, 3.05) is 6.61 Å². The highest BCUT2D eigenvalue weighted by molar-refractivity contribution is 6.25. The van der Waals surface area contributed by atoms with Crippen molar-refractivity contribution in [1.82, 2.24) is 0 Å². The Hall–Kier alpha value is -2.62. The number of hydrogen-bond donors (Lipinski definition) is 0. The molecule has 0 unspecified atom stereocenters. The summed E-state index contributed by atoms with van der Waals surface area (Å²) in [5.74, 6) is 0.0503. The summed E-state index contributed by atoms with van der Waals surface area (Å²) < 4.78 is 17.8. The molecule has 6 nitrogen and oxygen atoms in total. The number of ether oxygens (including phenoxy) is 1. The second-order valence-corrected chi connectivity index (χ2v) is 3.39. The van der Waals surface area contributed by atoms with Crippen molar-refractivity contribution in [2.24, 2.45) is 5.11 Å². The Morgan fingerprint density at radius 1 is 1.58 bits per heavy atom. The first-order chi connectivity index (χ1) is 9.13. The molecular weight excluding hydrogens is 253 g/mol. The lowest BCUT2D eigenvalue weighted by Gasteiger charge is -2.08. The van der Waals surface area contributed by atoms with E-state index in [2.05, 4.69) is 10.0 Å². The van der Waals surface area contributed by atoms with E-state index in [0.717, 1.165) is 12.1 Å². The van der Waals surface area contributed by atoms with Crippen LogP contribution in [0, 0.1) is 5.82 Å². The number of halogens is 1. The Bertz CT molecular complexity index is 588. The van der Waals surface area contributed by atoms with Gasteiger partial charge in [-0.1, -0.05) is 11.2 Å². The van der Waals surface area contributed by atoms with E-state index in [9.17, 15) is 14.0 Å². The molecule has 0 bridgehead atoms. The summed E-state index contributed by atoms with van der Waals surface area (Å²) in [6.45, 7) is 1.50. The monoisotopic (exact) mass is 263 g/mol. The molecule has 0 saturated carbocycles. The molecule has 98 valence electrons. The molecule has 19 heavy (non-hydrogen) atoms. The van der Waals surface area contributed by atoms with Gasteiger partial charge in [-0.05, 0) is 30.2 Å². The van der Waals surface area contributed by atoms with Gasteiger partial charge in [0.25, 0.3) is 0 Å². The lowest BCUT2D eigenvalue weighted by Crippen LogP contribution is -2.09. The molecule has 0 spiro atoms. The summed E-state index contributed by atoms with van der Waals surface area (Å²) in [5, 5.41) is 3.28. The number of carbonyl (C=O) groups is 1. The van der Waals surface area contributed by atoms with E-state index in [1.807, 2.05) is 0 Å². The smallest absolute Gasteiger partial charge is 0.350 e. The zero-order chi connectivity index (χ0) is 14.3. The van der Waals surface area contributed by atoms with E-state index in [1.165, 1.54) is 12.0 Å². The van der Waals surface area contributed by atoms with Gasteiger partial charge in [0.1, 0.15) is 11.8 Å². The molecule has 0 saturated heterocycles. The second kappa shape index (κ2) is 6.96. The molecule has 0 fully saturated rings. The van der Waals surface area contributed by atoms with E-state index >= 15 is 0 Å². The molecular formula is C12H10FN3O3. The Labute approximate surface area is 108 Å².